The van der Waals surface area contributed by atoms with Crippen molar-refractivity contribution in [1.82, 2.24) is 35.5 Å². The number of β-lactam (4-membered cyclic amide) rings is 1. The lowest BCUT2D eigenvalue weighted by Gasteiger charge is -2.49. The minimum atomic E-state index is -4.11. The second-order valence-corrected chi connectivity index (χ2v) is 15.9. The smallest absolute Gasteiger partial charge is 0.352 e. The summed E-state index contributed by atoms with van der Waals surface area (Å²) in [7, 11) is -4.11. The number of nitrogens with one attached hydrogen (secondary N) is 3. The number of allylic oxidation sites excluding steroid dienone is 1. The first kappa shape index (κ1) is 37.4. The lowest BCUT2D eigenvalue weighted by molar-refractivity contribution is -0.150. The number of oxime groups is 1. The summed E-state index contributed by atoms with van der Waals surface area (Å²) in [6.45, 7) is 1.08. The molecule has 4 aliphatic heterocycles. The SMILES string of the molecule is CC1=NC2=CN(C(N)=O)NN2C(SCC2=C(C(=O)O)N3C(=O)[C@@H](NC(=O)/C(=N\OCCNS(=O)(=O)c4ccc(O)c(O)c4)c4csc(N)n4)[C@H]3SC2)=C1. The Balaban J connectivity index is 1.10. The predicted octanol–water partition coefficient (Wildman–Crippen LogP) is -0.462. The summed E-state index contributed by atoms with van der Waals surface area (Å²) < 4.78 is 27.3. The van der Waals surface area contributed by atoms with Crippen LogP contribution in [0.1, 0.15) is 12.6 Å². The second-order valence-electron chi connectivity index (χ2n) is 11.2. The third kappa shape index (κ3) is 7.74. The number of aromatic nitrogens is 1. The summed E-state index contributed by atoms with van der Waals surface area (Å²) in [4.78, 5) is 65.4. The van der Waals surface area contributed by atoms with Gasteiger partial charge in [0.1, 0.15) is 29.4 Å². The Hall–Kier alpha value is -5.34. The Bertz CT molecular complexity index is 2170. The van der Waals surface area contributed by atoms with Crippen LogP contribution in [0, 0.1) is 0 Å². The zero-order valence-electron chi connectivity index (χ0n) is 27.1. The summed E-state index contributed by atoms with van der Waals surface area (Å²) in [5, 5.41) is 39.5. The number of urea groups is 1. The number of aliphatic imine (C=N–C) groups is 1. The molecular formula is C28H29N11O10S4. The van der Waals surface area contributed by atoms with Crippen molar-refractivity contribution in [3.63, 3.8) is 0 Å². The van der Waals surface area contributed by atoms with Gasteiger partial charge in [-0.25, -0.2) is 42.7 Å². The normalized spacial score (nSPS) is 19.9. The van der Waals surface area contributed by atoms with Gasteiger partial charge in [-0.3, -0.25) is 14.5 Å². The Labute approximate surface area is 312 Å². The second kappa shape index (κ2) is 15.0. The number of fused-ring (bicyclic) bond motifs is 2. The van der Waals surface area contributed by atoms with Crippen LogP contribution in [0.15, 0.2) is 73.0 Å². The number of rotatable bonds is 13. The number of sulfonamides is 1. The molecule has 6 rings (SSSR count). The summed E-state index contributed by atoms with van der Waals surface area (Å²) in [5.74, 6) is -3.23. The summed E-state index contributed by atoms with van der Waals surface area (Å²) in [6.07, 6.45) is 3.15. The Kier molecular flexibility index (Phi) is 10.6. The monoisotopic (exact) mass is 807 g/mol. The number of phenolic OH excluding ortho intramolecular Hbond substituents is 2. The van der Waals surface area contributed by atoms with Gasteiger partial charge < -0.3 is 36.9 Å². The molecule has 4 amide bonds. The third-order valence-corrected chi connectivity index (χ3v) is 12.1. The number of primary amides is 1. The molecule has 1 saturated heterocycles. The van der Waals surface area contributed by atoms with Gasteiger partial charge in [0.25, 0.3) is 11.8 Å². The van der Waals surface area contributed by atoms with Gasteiger partial charge in [-0.1, -0.05) is 5.16 Å². The highest BCUT2D eigenvalue weighted by atomic mass is 32.2. The quantitative estimate of drug-likeness (QED) is 0.0417. The number of anilines is 1. The summed E-state index contributed by atoms with van der Waals surface area (Å²) in [5.41, 5.74) is 14.4. The van der Waals surface area contributed by atoms with Gasteiger partial charge in [-0.2, -0.15) is 0 Å². The number of carboxylic acid groups (broad SMARTS) is 1. The van der Waals surface area contributed by atoms with Crippen LogP contribution >= 0.6 is 34.9 Å². The number of hydrogen-bond acceptors (Lipinski definition) is 18. The van der Waals surface area contributed by atoms with E-state index in [4.69, 9.17) is 16.3 Å². The zero-order valence-corrected chi connectivity index (χ0v) is 30.4. The molecule has 0 radical (unpaired) electrons. The molecule has 21 nitrogen and oxygen atoms in total. The van der Waals surface area contributed by atoms with Gasteiger partial charge in [0.05, 0.1) is 16.1 Å². The number of carboxylic acids is 1. The van der Waals surface area contributed by atoms with Crippen LogP contribution < -0.4 is 27.0 Å². The first-order chi connectivity index (χ1) is 25.1. The molecular weight excluding hydrogens is 779 g/mol. The average molecular weight is 808 g/mol. The fourth-order valence-electron chi connectivity index (χ4n) is 5.13. The standard InChI is InChI=1S/C28H29N11O10S4/c1-12-6-19(39-18(32-12)8-37(36-39)28(30)46)50-9-13-10-51-25-21(24(43)38(25)22(13)26(44)45)34-23(42)20(15-11-52-27(29)33-15)35-49-5-4-31-53(47,48)14-2-3-16(40)17(41)7-14/h2-3,6-8,11,21,25,31,36,40-41H,4-5,9-10H2,1H3,(H2,29,33)(H2,30,46)(H,34,42)(H,44,45)/b35-20-/t21-,25-/m1/s1. The number of carbonyl (C=O) groups is 4. The van der Waals surface area contributed by atoms with E-state index in [-0.39, 0.29) is 51.8 Å². The largest absolute Gasteiger partial charge is 0.504 e. The Morgan fingerprint density at radius 1 is 1.25 bits per heavy atom. The van der Waals surface area contributed by atoms with Crippen molar-refractivity contribution >= 4 is 85.3 Å². The number of hydrazine groups is 2. The molecule has 1 fully saturated rings. The van der Waals surface area contributed by atoms with E-state index in [2.05, 4.69) is 30.7 Å². The molecule has 0 unspecified atom stereocenters. The summed E-state index contributed by atoms with van der Waals surface area (Å²) >= 11 is 3.51. The van der Waals surface area contributed by atoms with Gasteiger partial charge in [0.15, 0.2) is 28.2 Å². The van der Waals surface area contributed by atoms with Crippen molar-refractivity contribution < 1.29 is 47.8 Å². The molecule has 10 N–H and O–H groups in total. The molecule has 0 saturated carbocycles. The molecule has 0 aliphatic carbocycles. The van der Waals surface area contributed by atoms with E-state index in [1.54, 1.807) is 13.0 Å². The fraction of sp³-hybridized carbons (Fsp3) is 0.250. The van der Waals surface area contributed by atoms with Crippen molar-refractivity contribution in [2.24, 2.45) is 15.9 Å². The number of carbonyl (C=O) groups excluding carboxylic acids is 3. The number of aliphatic carboxylic acids is 1. The van der Waals surface area contributed by atoms with Crippen molar-refractivity contribution in [3.8, 4) is 11.5 Å². The van der Waals surface area contributed by atoms with Gasteiger partial charge in [0, 0.05) is 35.2 Å². The first-order valence-corrected chi connectivity index (χ1v) is 19.4. The number of aromatic hydroxyl groups is 2. The molecule has 5 heterocycles. The molecule has 0 spiro atoms. The lowest BCUT2D eigenvalue weighted by atomic mass is 10.0. The van der Waals surface area contributed by atoms with E-state index in [1.807, 2.05) is 0 Å². The zero-order chi connectivity index (χ0) is 38.2. The highest BCUT2D eigenvalue weighted by molar-refractivity contribution is 8.03. The number of nitrogens with zero attached hydrogens (tertiary/aromatic N) is 6. The summed E-state index contributed by atoms with van der Waals surface area (Å²) in [6, 6.07) is 1.06. The number of nitrogen functional groups attached to an aromatic ring is 1. The van der Waals surface area contributed by atoms with Gasteiger partial charge in [-0.05, 0) is 30.7 Å². The highest BCUT2D eigenvalue weighted by Gasteiger charge is 2.54. The number of hydrogen-bond donors (Lipinski definition) is 8. The number of phenols is 2. The predicted molar refractivity (Wildman–Crippen MR) is 192 cm³/mol. The third-order valence-electron chi connectivity index (χ3n) is 7.57. The van der Waals surface area contributed by atoms with Crippen molar-refractivity contribution in [3.05, 3.63) is 63.7 Å². The molecule has 53 heavy (non-hydrogen) atoms. The van der Waals surface area contributed by atoms with Crippen LogP contribution in [0.25, 0.3) is 0 Å². The molecule has 4 aliphatic rings. The van der Waals surface area contributed by atoms with Crippen LogP contribution in [0.4, 0.5) is 9.93 Å². The molecule has 1 aromatic heterocycles. The molecule has 2 aromatic rings. The lowest BCUT2D eigenvalue weighted by Crippen LogP contribution is -2.71. The fourth-order valence-corrected chi connectivity index (χ4v) is 9.26. The average Bonchev–Trinajstić information content (AvgIpc) is 3.74. The number of nitrogens with two attached hydrogens (primary N) is 2. The van der Waals surface area contributed by atoms with Crippen molar-refractivity contribution in [1.29, 1.82) is 0 Å². The van der Waals surface area contributed by atoms with E-state index in [1.165, 1.54) is 40.1 Å². The molecule has 2 atom stereocenters. The van der Waals surface area contributed by atoms with Crippen LogP contribution in [0.2, 0.25) is 0 Å². The van der Waals surface area contributed by atoms with Crippen molar-refractivity contribution in [2.45, 2.75) is 23.2 Å². The van der Waals surface area contributed by atoms with Crippen LogP contribution in [-0.4, -0.2) is 115 Å². The van der Waals surface area contributed by atoms with Gasteiger partial charge in [-0.15, -0.1) is 40.4 Å². The number of thioether (sulfide) groups is 2. The topological polar surface area (TPSA) is 308 Å². The molecule has 1 aromatic carbocycles. The minimum Gasteiger partial charge on any atom is -0.504 e. The van der Waals surface area contributed by atoms with E-state index in [0.717, 1.165) is 39.4 Å². The van der Waals surface area contributed by atoms with E-state index in [9.17, 15) is 42.9 Å². The molecule has 280 valence electrons. The number of benzene rings is 1. The van der Waals surface area contributed by atoms with Crippen molar-refractivity contribution in [2.75, 3.05) is 30.4 Å². The maximum absolute atomic E-state index is 13.5. The van der Waals surface area contributed by atoms with Crippen LogP contribution in [0.5, 0.6) is 11.5 Å². The van der Waals surface area contributed by atoms with E-state index >= 15 is 0 Å². The van der Waals surface area contributed by atoms with Crippen LogP contribution in [0.3, 0.4) is 0 Å². The van der Waals surface area contributed by atoms with Gasteiger partial charge >= 0.3 is 12.0 Å². The number of thiazole rings is 1. The minimum absolute atomic E-state index is 0.0113. The Morgan fingerprint density at radius 3 is 2.70 bits per heavy atom. The highest BCUT2D eigenvalue weighted by Crippen LogP contribution is 2.42. The van der Waals surface area contributed by atoms with Gasteiger partial charge in [0.2, 0.25) is 10.0 Å². The number of amides is 4. The van der Waals surface area contributed by atoms with Crippen LogP contribution in [-0.2, 0) is 29.2 Å². The molecule has 0 bridgehead atoms. The molecule has 25 heteroatoms. The first-order valence-electron chi connectivity index (χ1n) is 15.0. The Morgan fingerprint density at radius 2 is 2.02 bits per heavy atom. The maximum Gasteiger partial charge on any atom is 0.352 e. The van der Waals surface area contributed by atoms with E-state index < -0.39 is 56.8 Å². The maximum atomic E-state index is 13.5. The van der Waals surface area contributed by atoms with E-state index in [0.29, 0.717) is 22.1 Å².